The number of ether oxygens (including phenoxy) is 1. The number of hydrogen-bond acceptors (Lipinski definition) is 4. The molecule has 1 N–H and O–H groups in total. The number of aromatic carboxylic acids is 1. The van der Waals surface area contributed by atoms with Crippen LogP contribution in [0.25, 0.3) is 0 Å². The molecule has 1 fully saturated rings. The molecule has 1 atom stereocenters. The van der Waals surface area contributed by atoms with Gasteiger partial charge in [-0.1, -0.05) is 18.5 Å². The molecule has 2 rings (SSSR count). The third-order valence-corrected chi connectivity index (χ3v) is 3.44. The lowest BCUT2D eigenvalue weighted by Gasteiger charge is -2.36. The lowest BCUT2D eigenvalue weighted by atomic mass is 10.1. The normalized spacial score (nSPS) is 19.9. The van der Waals surface area contributed by atoms with E-state index in [1.807, 2.05) is 4.90 Å². The summed E-state index contributed by atoms with van der Waals surface area (Å²) in [6, 6.07) is 1.60. The summed E-state index contributed by atoms with van der Waals surface area (Å²) < 4.78 is 5.41. The monoisotopic (exact) mass is 270 g/mol. The average molecular weight is 271 g/mol. The molecule has 0 aliphatic carbocycles. The van der Waals surface area contributed by atoms with Crippen LogP contribution in [0.2, 0.25) is 5.02 Å². The van der Waals surface area contributed by atoms with E-state index in [0.717, 1.165) is 6.42 Å². The lowest BCUT2D eigenvalue weighted by molar-refractivity contribution is 0.0697. The molecule has 18 heavy (non-hydrogen) atoms. The molecule has 0 radical (unpaired) electrons. The SMILES string of the molecule is CCC1COCCN1c1nccc(C(=O)O)c1Cl. The Kier molecular flexibility index (Phi) is 4.04. The largest absolute Gasteiger partial charge is 0.478 e. The van der Waals surface area contributed by atoms with Crippen LogP contribution in [0.1, 0.15) is 23.7 Å². The first-order valence-corrected chi connectivity index (χ1v) is 6.25. The Labute approximate surface area is 110 Å². The number of aromatic nitrogens is 1. The first-order valence-electron chi connectivity index (χ1n) is 5.87. The van der Waals surface area contributed by atoms with Crippen molar-refractivity contribution in [1.82, 2.24) is 4.98 Å². The Morgan fingerprint density at radius 2 is 2.50 bits per heavy atom. The standard InChI is InChI=1S/C12H15ClN2O3/c1-2-8-7-18-6-5-15(8)11-10(13)9(12(16)17)3-4-14-11/h3-4,8H,2,5-7H2,1H3,(H,16,17). The molecule has 1 aliphatic heterocycles. The summed E-state index contributed by atoms with van der Waals surface area (Å²) in [5.41, 5.74) is 0.0861. The van der Waals surface area contributed by atoms with E-state index in [9.17, 15) is 4.79 Å². The van der Waals surface area contributed by atoms with Gasteiger partial charge in [-0.25, -0.2) is 9.78 Å². The highest BCUT2D eigenvalue weighted by Crippen LogP contribution is 2.29. The van der Waals surface area contributed by atoms with Crippen LogP contribution in [0.4, 0.5) is 5.82 Å². The van der Waals surface area contributed by atoms with Crippen molar-refractivity contribution in [1.29, 1.82) is 0 Å². The van der Waals surface area contributed by atoms with Crippen molar-refractivity contribution in [2.24, 2.45) is 0 Å². The van der Waals surface area contributed by atoms with Gasteiger partial charge in [0, 0.05) is 12.7 Å². The minimum atomic E-state index is -1.04. The van der Waals surface area contributed by atoms with Crippen molar-refractivity contribution in [3.05, 3.63) is 22.8 Å². The van der Waals surface area contributed by atoms with Crippen LogP contribution in [-0.4, -0.2) is 41.9 Å². The predicted molar refractivity (Wildman–Crippen MR) is 68.5 cm³/mol. The van der Waals surface area contributed by atoms with Crippen LogP contribution >= 0.6 is 11.6 Å². The Morgan fingerprint density at radius 1 is 1.72 bits per heavy atom. The summed E-state index contributed by atoms with van der Waals surface area (Å²) >= 11 is 6.13. The van der Waals surface area contributed by atoms with E-state index >= 15 is 0 Å². The summed E-state index contributed by atoms with van der Waals surface area (Å²) in [6.45, 7) is 3.95. The van der Waals surface area contributed by atoms with Crippen molar-refractivity contribution in [2.75, 3.05) is 24.7 Å². The van der Waals surface area contributed by atoms with Crippen molar-refractivity contribution >= 4 is 23.4 Å². The average Bonchev–Trinajstić information content (AvgIpc) is 2.38. The Hall–Kier alpha value is -1.33. The van der Waals surface area contributed by atoms with Crippen LogP contribution in [0.15, 0.2) is 12.3 Å². The number of nitrogens with zero attached hydrogens (tertiary/aromatic N) is 2. The van der Waals surface area contributed by atoms with Gasteiger partial charge in [0.1, 0.15) is 5.82 Å². The van der Waals surface area contributed by atoms with E-state index in [0.29, 0.717) is 25.6 Å². The van der Waals surface area contributed by atoms with Gasteiger partial charge >= 0.3 is 5.97 Å². The van der Waals surface area contributed by atoms with Crippen molar-refractivity contribution in [2.45, 2.75) is 19.4 Å². The zero-order chi connectivity index (χ0) is 13.1. The van der Waals surface area contributed by atoms with E-state index in [1.54, 1.807) is 0 Å². The molecule has 1 aromatic rings. The molecule has 6 heteroatoms. The maximum atomic E-state index is 11.1. The second-order valence-corrected chi connectivity index (χ2v) is 4.51. The molecule has 2 heterocycles. The Balaban J connectivity index is 2.37. The molecule has 1 aromatic heterocycles. The van der Waals surface area contributed by atoms with Gasteiger partial charge < -0.3 is 14.7 Å². The number of halogens is 1. The number of pyridine rings is 1. The van der Waals surface area contributed by atoms with Gasteiger partial charge in [0.25, 0.3) is 0 Å². The van der Waals surface area contributed by atoms with Gasteiger partial charge in [0.2, 0.25) is 0 Å². The van der Waals surface area contributed by atoms with E-state index in [4.69, 9.17) is 21.4 Å². The Morgan fingerprint density at radius 3 is 3.17 bits per heavy atom. The molecular formula is C12H15ClN2O3. The number of hydrogen-bond donors (Lipinski definition) is 1. The molecule has 0 spiro atoms. The summed E-state index contributed by atoms with van der Waals surface area (Å²) in [4.78, 5) is 17.3. The highest BCUT2D eigenvalue weighted by Gasteiger charge is 2.26. The van der Waals surface area contributed by atoms with Crippen molar-refractivity contribution in [3.8, 4) is 0 Å². The molecule has 0 saturated carbocycles. The summed E-state index contributed by atoms with van der Waals surface area (Å²) in [5.74, 6) is -0.503. The lowest BCUT2D eigenvalue weighted by Crippen LogP contribution is -2.45. The van der Waals surface area contributed by atoms with E-state index in [1.165, 1.54) is 12.3 Å². The first kappa shape index (κ1) is 13.1. The molecular weight excluding hydrogens is 256 g/mol. The van der Waals surface area contributed by atoms with Crippen molar-refractivity contribution in [3.63, 3.8) is 0 Å². The quantitative estimate of drug-likeness (QED) is 0.911. The van der Waals surface area contributed by atoms with Crippen LogP contribution in [-0.2, 0) is 4.74 Å². The molecule has 1 saturated heterocycles. The smallest absolute Gasteiger partial charge is 0.337 e. The minimum absolute atomic E-state index is 0.0861. The Bertz CT molecular complexity index is 453. The molecule has 0 bridgehead atoms. The zero-order valence-corrected chi connectivity index (χ0v) is 10.9. The molecule has 0 amide bonds. The number of carbonyl (C=O) groups is 1. The molecule has 98 valence electrons. The van der Waals surface area contributed by atoms with Gasteiger partial charge in [-0.15, -0.1) is 0 Å². The van der Waals surface area contributed by atoms with Crippen LogP contribution in [0.5, 0.6) is 0 Å². The number of carboxylic acids is 1. The predicted octanol–water partition coefficient (Wildman–Crippen LogP) is 2.05. The zero-order valence-electron chi connectivity index (χ0n) is 10.1. The van der Waals surface area contributed by atoms with Crippen LogP contribution < -0.4 is 4.90 Å². The van der Waals surface area contributed by atoms with Gasteiger partial charge in [-0.3, -0.25) is 0 Å². The van der Waals surface area contributed by atoms with E-state index in [-0.39, 0.29) is 16.6 Å². The maximum absolute atomic E-state index is 11.1. The summed E-state index contributed by atoms with van der Waals surface area (Å²) in [5, 5.41) is 9.26. The number of anilines is 1. The summed E-state index contributed by atoms with van der Waals surface area (Å²) in [7, 11) is 0. The molecule has 0 aromatic carbocycles. The number of rotatable bonds is 3. The van der Waals surface area contributed by atoms with E-state index in [2.05, 4.69) is 11.9 Å². The van der Waals surface area contributed by atoms with Gasteiger partial charge in [0.15, 0.2) is 0 Å². The minimum Gasteiger partial charge on any atom is -0.478 e. The van der Waals surface area contributed by atoms with Gasteiger partial charge in [0.05, 0.1) is 29.8 Å². The fourth-order valence-electron chi connectivity index (χ4n) is 2.07. The van der Waals surface area contributed by atoms with Crippen LogP contribution in [0.3, 0.4) is 0 Å². The molecule has 1 unspecified atom stereocenters. The topological polar surface area (TPSA) is 62.7 Å². The fourth-order valence-corrected chi connectivity index (χ4v) is 2.37. The van der Waals surface area contributed by atoms with E-state index < -0.39 is 5.97 Å². The number of morpholine rings is 1. The fraction of sp³-hybridized carbons (Fsp3) is 0.500. The van der Waals surface area contributed by atoms with Gasteiger partial charge in [-0.05, 0) is 12.5 Å². The van der Waals surface area contributed by atoms with Crippen molar-refractivity contribution < 1.29 is 14.6 Å². The first-order chi connectivity index (χ1) is 8.65. The molecule has 5 nitrogen and oxygen atoms in total. The van der Waals surface area contributed by atoms with Crippen LogP contribution in [0, 0.1) is 0 Å². The maximum Gasteiger partial charge on any atom is 0.337 e. The second kappa shape index (κ2) is 5.54. The number of carboxylic acid groups (broad SMARTS) is 1. The third-order valence-electron chi connectivity index (χ3n) is 3.07. The highest BCUT2D eigenvalue weighted by molar-refractivity contribution is 6.35. The van der Waals surface area contributed by atoms with Gasteiger partial charge in [-0.2, -0.15) is 0 Å². The second-order valence-electron chi connectivity index (χ2n) is 4.13. The summed E-state index contributed by atoms with van der Waals surface area (Å²) in [6.07, 6.45) is 2.38. The highest BCUT2D eigenvalue weighted by atomic mass is 35.5. The molecule has 1 aliphatic rings. The third kappa shape index (κ3) is 2.42.